The molecule has 2 N–H and O–H groups in total. The monoisotopic (exact) mass is 370 g/mol. The molecule has 1 amide bonds. The molecule has 2 aromatic rings. The predicted molar refractivity (Wildman–Crippen MR) is 101 cm³/mol. The van der Waals surface area contributed by atoms with E-state index in [0.29, 0.717) is 12.3 Å². The Kier molecular flexibility index (Phi) is 6.35. The highest BCUT2D eigenvalue weighted by Crippen LogP contribution is 2.28. The number of carbonyl (C=O) groups is 1. The number of hydrogen-bond donors (Lipinski definition) is 2. The number of piperazine rings is 1. The normalized spacial score (nSPS) is 14.5. The summed E-state index contributed by atoms with van der Waals surface area (Å²) in [5, 5.41) is 17.2. The zero-order valence-electron chi connectivity index (χ0n) is 14.9. The number of amides is 1. The quantitative estimate of drug-likeness (QED) is 0.572. The number of hydrogen-bond acceptors (Lipinski definition) is 6. The summed E-state index contributed by atoms with van der Waals surface area (Å²) >= 11 is 0. The van der Waals surface area contributed by atoms with E-state index in [2.05, 4.69) is 15.5 Å². The molecule has 1 aliphatic rings. The van der Waals surface area contributed by atoms with Gasteiger partial charge in [0.15, 0.2) is 0 Å². The van der Waals surface area contributed by atoms with Crippen LogP contribution in [0.2, 0.25) is 0 Å². The minimum absolute atomic E-state index is 0.147. The second-order valence-electron chi connectivity index (χ2n) is 6.20. The van der Waals surface area contributed by atoms with Gasteiger partial charge >= 0.3 is 0 Å². The number of nitrogens with one attached hydrogen (secondary N) is 2. The van der Waals surface area contributed by atoms with Crippen molar-refractivity contribution in [1.29, 1.82) is 0 Å². The number of nitro groups is 1. The molecule has 0 spiro atoms. The van der Waals surface area contributed by atoms with Crippen molar-refractivity contribution in [3.05, 3.63) is 64.2 Å². The molecule has 1 saturated heterocycles. The van der Waals surface area contributed by atoms with Crippen LogP contribution in [-0.4, -0.2) is 55.0 Å². The summed E-state index contributed by atoms with van der Waals surface area (Å²) in [5.41, 5.74) is -0.00368. The van der Waals surface area contributed by atoms with Crippen LogP contribution in [0.4, 0.5) is 5.69 Å². The van der Waals surface area contributed by atoms with Gasteiger partial charge in [0.1, 0.15) is 11.5 Å². The van der Waals surface area contributed by atoms with Crippen molar-refractivity contribution in [2.45, 2.75) is 0 Å². The highest BCUT2D eigenvalue weighted by atomic mass is 16.6. The molecule has 0 aromatic heterocycles. The Bertz CT molecular complexity index is 792. The van der Waals surface area contributed by atoms with Crippen molar-refractivity contribution >= 4 is 11.6 Å². The van der Waals surface area contributed by atoms with E-state index in [4.69, 9.17) is 4.74 Å². The summed E-state index contributed by atoms with van der Waals surface area (Å²) in [6, 6.07) is 13.0. The summed E-state index contributed by atoms with van der Waals surface area (Å²) in [4.78, 5) is 25.4. The molecule has 0 bridgehead atoms. The number of ether oxygens (including phenoxy) is 1. The van der Waals surface area contributed by atoms with Crippen molar-refractivity contribution in [2.24, 2.45) is 0 Å². The van der Waals surface area contributed by atoms with E-state index in [1.807, 2.05) is 18.2 Å². The average molecular weight is 370 g/mol. The molecule has 1 fully saturated rings. The molecule has 0 radical (unpaired) electrons. The number of rotatable bonds is 7. The number of nitrogens with zero attached hydrogens (tertiary/aromatic N) is 2. The predicted octanol–water partition coefficient (Wildman–Crippen LogP) is 2.02. The van der Waals surface area contributed by atoms with E-state index in [9.17, 15) is 14.9 Å². The van der Waals surface area contributed by atoms with Gasteiger partial charge in [-0.3, -0.25) is 19.8 Å². The van der Waals surface area contributed by atoms with E-state index in [-0.39, 0.29) is 22.9 Å². The summed E-state index contributed by atoms with van der Waals surface area (Å²) in [6.45, 7) is 4.95. The van der Waals surface area contributed by atoms with Crippen LogP contribution >= 0.6 is 0 Å². The first kappa shape index (κ1) is 18.8. The number of benzene rings is 2. The van der Waals surface area contributed by atoms with Gasteiger partial charge < -0.3 is 15.4 Å². The first-order chi connectivity index (χ1) is 13.1. The van der Waals surface area contributed by atoms with Gasteiger partial charge in [0.25, 0.3) is 11.6 Å². The lowest BCUT2D eigenvalue weighted by molar-refractivity contribution is -0.384. The van der Waals surface area contributed by atoms with Crippen LogP contribution in [0, 0.1) is 10.1 Å². The zero-order chi connectivity index (χ0) is 19.1. The standard InChI is InChI=1S/C19H22N4O4/c24-19(21-10-13-22-11-8-20-9-12-22)17-14-15(23(25)26)6-7-18(17)27-16-4-2-1-3-5-16/h1-7,14,20H,8-13H2,(H,21,24). The molecule has 0 aliphatic carbocycles. The first-order valence-electron chi connectivity index (χ1n) is 8.86. The number of nitro benzene ring substituents is 1. The summed E-state index contributed by atoms with van der Waals surface area (Å²) in [5.74, 6) is 0.451. The second kappa shape index (κ2) is 9.11. The highest BCUT2D eigenvalue weighted by molar-refractivity contribution is 5.97. The lowest BCUT2D eigenvalue weighted by Gasteiger charge is -2.27. The van der Waals surface area contributed by atoms with Crippen LogP contribution in [0.15, 0.2) is 48.5 Å². The third kappa shape index (κ3) is 5.25. The molecule has 8 heteroatoms. The fourth-order valence-electron chi connectivity index (χ4n) is 2.87. The van der Waals surface area contributed by atoms with Gasteiger partial charge in [0.05, 0.1) is 10.5 Å². The molecule has 2 aromatic carbocycles. The van der Waals surface area contributed by atoms with Crippen molar-refractivity contribution < 1.29 is 14.5 Å². The molecule has 0 atom stereocenters. The first-order valence-corrected chi connectivity index (χ1v) is 8.86. The largest absolute Gasteiger partial charge is 0.457 e. The lowest BCUT2D eigenvalue weighted by Crippen LogP contribution is -2.46. The van der Waals surface area contributed by atoms with Gasteiger partial charge in [-0.15, -0.1) is 0 Å². The van der Waals surface area contributed by atoms with Crippen molar-refractivity contribution in [3.8, 4) is 11.5 Å². The molecular formula is C19H22N4O4. The van der Waals surface area contributed by atoms with Gasteiger partial charge in [-0.2, -0.15) is 0 Å². The van der Waals surface area contributed by atoms with Crippen molar-refractivity contribution in [2.75, 3.05) is 39.3 Å². The van der Waals surface area contributed by atoms with E-state index < -0.39 is 4.92 Å². The lowest BCUT2D eigenvalue weighted by atomic mass is 10.1. The Labute approximate surface area is 157 Å². The van der Waals surface area contributed by atoms with Gasteiger partial charge in [-0.1, -0.05) is 18.2 Å². The third-order valence-electron chi connectivity index (χ3n) is 4.31. The van der Waals surface area contributed by atoms with E-state index in [0.717, 1.165) is 32.7 Å². The number of carbonyl (C=O) groups excluding carboxylic acids is 1. The fourth-order valence-corrected chi connectivity index (χ4v) is 2.87. The molecule has 0 saturated carbocycles. The SMILES string of the molecule is O=C(NCCN1CCNCC1)c1cc([N+](=O)[O-])ccc1Oc1ccccc1. The van der Waals surface area contributed by atoms with Crippen molar-refractivity contribution in [1.82, 2.24) is 15.5 Å². The van der Waals surface area contributed by atoms with Gasteiger partial charge in [0, 0.05) is 51.4 Å². The Morgan fingerprint density at radius 3 is 2.63 bits per heavy atom. The summed E-state index contributed by atoms with van der Waals surface area (Å²) in [6.07, 6.45) is 0. The Morgan fingerprint density at radius 1 is 1.19 bits per heavy atom. The van der Waals surface area contributed by atoms with Crippen LogP contribution in [0.1, 0.15) is 10.4 Å². The third-order valence-corrected chi connectivity index (χ3v) is 4.31. The fraction of sp³-hybridized carbons (Fsp3) is 0.316. The number of para-hydroxylation sites is 1. The zero-order valence-corrected chi connectivity index (χ0v) is 14.9. The molecule has 1 heterocycles. The van der Waals surface area contributed by atoms with Gasteiger partial charge in [-0.05, 0) is 18.2 Å². The van der Waals surface area contributed by atoms with E-state index in [1.165, 1.54) is 18.2 Å². The van der Waals surface area contributed by atoms with Gasteiger partial charge in [0.2, 0.25) is 0 Å². The second-order valence-corrected chi connectivity index (χ2v) is 6.20. The Balaban J connectivity index is 1.71. The van der Waals surface area contributed by atoms with Crippen LogP contribution in [0.5, 0.6) is 11.5 Å². The number of non-ortho nitro benzene ring substituents is 1. The van der Waals surface area contributed by atoms with Crippen molar-refractivity contribution in [3.63, 3.8) is 0 Å². The van der Waals surface area contributed by atoms with Crippen LogP contribution in [-0.2, 0) is 0 Å². The van der Waals surface area contributed by atoms with E-state index in [1.54, 1.807) is 12.1 Å². The van der Waals surface area contributed by atoms with Gasteiger partial charge in [-0.25, -0.2) is 0 Å². The highest BCUT2D eigenvalue weighted by Gasteiger charge is 2.19. The minimum atomic E-state index is -0.524. The molecule has 3 rings (SSSR count). The maximum Gasteiger partial charge on any atom is 0.270 e. The molecule has 8 nitrogen and oxygen atoms in total. The molecule has 1 aliphatic heterocycles. The Hall–Kier alpha value is -2.97. The average Bonchev–Trinajstić information content (AvgIpc) is 2.69. The maximum atomic E-state index is 12.6. The minimum Gasteiger partial charge on any atom is -0.457 e. The van der Waals surface area contributed by atoms with E-state index >= 15 is 0 Å². The Morgan fingerprint density at radius 2 is 1.93 bits per heavy atom. The van der Waals surface area contributed by atoms with Crippen LogP contribution in [0.3, 0.4) is 0 Å². The summed E-state index contributed by atoms with van der Waals surface area (Å²) in [7, 11) is 0. The molecular weight excluding hydrogens is 348 g/mol. The molecule has 142 valence electrons. The smallest absolute Gasteiger partial charge is 0.270 e. The maximum absolute atomic E-state index is 12.6. The molecule has 0 unspecified atom stereocenters. The summed E-state index contributed by atoms with van der Waals surface area (Å²) < 4.78 is 5.76. The molecule has 27 heavy (non-hydrogen) atoms. The van der Waals surface area contributed by atoms with Crippen LogP contribution < -0.4 is 15.4 Å². The van der Waals surface area contributed by atoms with Crippen LogP contribution in [0.25, 0.3) is 0 Å². The topological polar surface area (TPSA) is 96.7 Å².